The molecular weight excluding hydrogens is 392 g/mol. The minimum atomic E-state index is -0.929. The molecule has 0 aliphatic carbocycles. The highest BCUT2D eigenvalue weighted by Gasteiger charge is 2.16. The second-order valence-electron chi connectivity index (χ2n) is 5.42. The Morgan fingerprint density at radius 3 is 2.80 bits per heavy atom. The zero-order chi connectivity index (χ0) is 17.4. The fraction of sp³-hybridized carbons (Fsp3) is 0.0588. The van der Waals surface area contributed by atoms with E-state index in [1.165, 1.54) is 12.1 Å². The third-order valence-corrected chi connectivity index (χ3v) is 4.16. The fourth-order valence-corrected chi connectivity index (χ4v) is 2.71. The van der Waals surface area contributed by atoms with Gasteiger partial charge in [-0.1, -0.05) is 10.7 Å². The smallest absolute Gasteiger partial charge is 0.222 e. The van der Waals surface area contributed by atoms with E-state index in [1.807, 2.05) is 12.1 Å². The number of nitrogens with zero attached hydrogens (tertiary/aromatic N) is 4. The molecule has 0 radical (unpaired) electrons. The maximum Gasteiger partial charge on any atom is 0.222 e. The minimum Gasteiger partial charge on any atom is -0.333 e. The van der Waals surface area contributed by atoms with Crippen LogP contribution in [0.3, 0.4) is 0 Å². The van der Waals surface area contributed by atoms with Gasteiger partial charge in [0.25, 0.3) is 0 Å². The van der Waals surface area contributed by atoms with Crippen LogP contribution in [0.25, 0.3) is 22.4 Å². The van der Waals surface area contributed by atoms with Gasteiger partial charge in [-0.15, -0.1) is 0 Å². The third kappa shape index (κ3) is 3.12. The molecule has 0 spiro atoms. The Balaban J connectivity index is 1.69. The first-order valence-corrected chi connectivity index (χ1v) is 8.20. The number of nitrogens with one attached hydrogen (secondary N) is 1. The lowest BCUT2D eigenvalue weighted by atomic mass is 10.2. The van der Waals surface area contributed by atoms with Crippen LogP contribution in [0.1, 0.15) is 5.69 Å². The molecule has 0 bridgehead atoms. The van der Waals surface area contributed by atoms with Gasteiger partial charge in [0.15, 0.2) is 11.6 Å². The highest BCUT2D eigenvalue weighted by Crippen LogP contribution is 2.23. The number of pyridine rings is 1. The number of rotatable bonds is 3. The maximum absolute atomic E-state index is 13.9. The van der Waals surface area contributed by atoms with Gasteiger partial charge in [-0.3, -0.25) is 4.98 Å². The Morgan fingerprint density at radius 2 is 2.00 bits per heavy atom. The van der Waals surface area contributed by atoms with Gasteiger partial charge in [-0.25, -0.2) is 13.8 Å². The van der Waals surface area contributed by atoms with Gasteiger partial charge in [0.2, 0.25) is 12.7 Å². The standard InChI is InChI=1S/C17H10BrF2N5/c18-10-4-5-11(21-6-10)8-25-9-15-14(7-22-25)23-17(24-15)12-2-1-3-13(19)16(12)20/h1-7,9H,8H2/p+1. The molecule has 3 heterocycles. The van der Waals surface area contributed by atoms with Crippen LogP contribution >= 0.6 is 15.9 Å². The highest BCUT2D eigenvalue weighted by atomic mass is 79.9. The zero-order valence-electron chi connectivity index (χ0n) is 12.7. The third-order valence-electron chi connectivity index (χ3n) is 3.69. The van der Waals surface area contributed by atoms with Crippen LogP contribution < -0.4 is 4.68 Å². The van der Waals surface area contributed by atoms with Crippen LogP contribution in [0.5, 0.6) is 0 Å². The molecule has 0 unspecified atom stereocenters. The molecule has 0 saturated heterocycles. The molecule has 25 heavy (non-hydrogen) atoms. The lowest BCUT2D eigenvalue weighted by Gasteiger charge is -1.99. The van der Waals surface area contributed by atoms with Crippen molar-refractivity contribution in [2.45, 2.75) is 6.54 Å². The van der Waals surface area contributed by atoms with Gasteiger partial charge in [0.05, 0.1) is 5.56 Å². The lowest BCUT2D eigenvalue weighted by molar-refractivity contribution is -0.745. The number of benzene rings is 1. The van der Waals surface area contributed by atoms with Gasteiger partial charge in [-0.2, -0.15) is 0 Å². The van der Waals surface area contributed by atoms with E-state index in [0.717, 1.165) is 16.2 Å². The first kappa shape index (κ1) is 15.8. The monoisotopic (exact) mass is 402 g/mol. The molecule has 0 atom stereocenters. The van der Waals surface area contributed by atoms with Crippen molar-refractivity contribution >= 4 is 27.0 Å². The summed E-state index contributed by atoms with van der Waals surface area (Å²) >= 11 is 3.34. The first-order valence-electron chi connectivity index (χ1n) is 7.40. The van der Waals surface area contributed by atoms with Crippen LogP contribution in [0.15, 0.2) is 53.4 Å². The predicted molar refractivity (Wildman–Crippen MR) is 90.5 cm³/mol. The second kappa shape index (κ2) is 6.29. The van der Waals surface area contributed by atoms with Crippen LogP contribution in [0.4, 0.5) is 8.78 Å². The van der Waals surface area contributed by atoms with E-state index in [2.05, 4.69) is 36.0 Å². The van der Waals surface area contributed by atoms with Gasteiger partial charge >= 0.3 is 0 Å². The Labute approximate surface area is 149 Å². The molecule has 0 amide bonds. The number of hydrogen-bond donors (Lipinski definition) is 1. The topological polar surface area (TPSA) is 58.3 Å². The van der Waals surface area contributed by atoms with Crippen molar-refractivity contribution in [1.82, 2.24) is 20.1 Å². The summed E-state index contributed by atoms with van der Waals surface area (Å²) in [7, 11) is 0. The molecule has 0 saturated carbocycles. The number of hydrogen-bond acceptors (Lipinski definition) is 3. The summed E-state index contributed by atoms with van der Waals surface area (Å²) in [6, 6.07) is 7.79. The van der Waals surface area contributed by atoms with E-state index in [0.29, 0.717) is 17.6 Å². The Bertz CT molecular complexity index is 1060. The van der Waals surface area contributed by atoms with Crippen LogP contribution in [0, 0.1) is 11.6 Å². The summed E-state index contributed by atoms with van der Waals surface area (Å²) in [5.74, 6) is -1.58. The van der Waals surface area contributed by atoms with Gasteiger partial charge < -0.3 is 4.98 Å². The number of imidazole rings is 1. The van der Waals surface area contributed by atoms with Crippen LogP contribution in [-0.2, 0) is 6.54 Å². The van der Waals surface area contributed by atoms with Crippen molar-refractivity contribution in [2.75, 3.05) is 0 Å². The number of H-pyrrole nitrogens is 1. The van der Waals surface area contributed by atoms with E-state index in [4.69, 9.17) is 0 Å². The number of halogens is 3. The molecule has 124 valence electrons. The molecule has 4 aromatic rings. The average Bonchev–Trinajstić information content (AvgIpc) is 3.02. The van der Waals surface area contributed by atoms with E-state index in [1.54, 1.807) is 23.3 Å². The average molecular weight is 403 g/mol. The summed E-state index contributed by atoms with van der Waals surface area (Å²) in [4.78, 5) is 11.6. The molecule has 1 N–H and O–H groups in total. The molecule has 0 aliphatic rings. The summed E-state index contributed by atoms with van der Waals surface area (Å²) in [6.07, 6.45) is 5.05. The van der Waals surface area contributed by atoms with Gasteiger partial charge in [-0.05, 0) is 45.3 Å². The Morgan fingerprint density at radius 1 is 1.12 bits per heavy atom. The first-order chi connectivity index (χ1) is 12.1. The van der Waals surface area contributed by atoms with Crippen molar-refractivity contribution in [3.8, 4) is 11.4 Å². The van der Waals surface area contributed by atoms with Crippen molar-refractivity contribution < 1.29 is 13.5 Å². The Kier molecular flexibility index (Phi) is 3.96. The van der Waals surface area contributed by atoms with Gasteiger partial charge in [0, 0.05) is 10.7 Å². The molecule has 3 aromatic heterocycles. The molecule has 1 aromatic carbocycles. The summed E-state index contributed by atoms with van der Waals surface area (Å²) < 4.78 is 30.0. The number of aromatic amines is 1. The minimum absolute atomic E-state index is 0.0809. The molecule has 4 rings (SSSR count). The van der Waals surface area contributed by atoms with Crippen molar-refractivity contribution in [3.63, 3.8) is 0 Å². The fourth-order valence-electron chi connectivity index (χ4n) is 2.47. The second-order valence-corrected chi connectivity index (χ2v) is 6.34. The molecule has 5 nitrogen and oxygen atoms in total. The van der Waals surface area contributed by atoms with Crippen molar-refractivity contribution in [3.05, 3.63) is 70.7 Å². The Hall–Kier alpha value is -2.74. The number of fused-ring (bicyclic) bond motifs is 1. The van der Waals surface area contributed by atoms with Crippen LogP contribution in [0.2, 0.25) is 0 Å². The van der Waals surface area contributed by atoms with Crippen molar-refractivity contribution in [2.24, 2.45) is 0 Å². The molecule has 0 aliphatic heterocycles. The van der Waals surface area contributed by atoms with E-state index in [9.17, 15) is 8.78 Å². The predicted octanol–water partition coefficient (Wildman–Crippen LogP) is 3.40. The SMILES string of the molecule is Fc1cccc(-c2nc3cn[n+](Cc4ccc(Br)cn4)cc3[nH]2)c1F. The highest BCUT2D eigenvalue weighted by molar-refractivity contribution is 9.10. The molecule has 8 heteroatoms. The van der Waals surface area contributed by atoms with E-state index in [-0.39, 0.29) is 11.4 Å². The summed E-state index contributed by atoms with van der Waals surface area (Å²) in [5, 5.41) is 4.29. The number of aromatic nitrogens is 5. The van der Waals surface area contributed by atoms with Crippen molar-refractivity contribution in [1.29, 1.82) is 0 Å². The summed E-state index contributed by atoms with van der Waals surface area (Å²) in [5.41, 5.74) is 2.16. The van der Waals surface area contributed by atoms with Crippen LogP contribution in [-0.4, -0.2) is 20.1 Å². The van der Waals surface area contributed by atoms with E-state index < -0.39 is 11.6 Å². The zero-order valence-corrected chi connectivity index (χ0v) is 14.3. The quantitative estimate of drug-likeness (QED) is 0.534. The van der Waals surface area contributed by atoms with E-state index >= 15 is 0 Å². The summed E-state index contributed by atoms with van der Waals surface area (Å²) in [6.45, 7) is 0.478. The van der Waals surface area contributed by atoms with Gasteiger partial charge in [0.1, 0.15) is 28.7 Å². The molecular formula is C17H11BrF2N5+. The largest absolute Gasteiger partial charge is 0.333 e. The molecule has 0 fully saturated rings. The lowest BCUT2D eigenvalue weighted by Crippen LogP contribution is -2.38. The maximum atomic E-state index is 13.9. The normalized spacial score (nSPS) is 11.2.